The van der Waals surface area contributed by atoms with Crippen LogP contribution >= 0.6 is 34.5 Å². The van der Waals surface area contributed by atoms with Gasteiger partial charge in [0.2, 0.25) is 10.0 Å². The third-order valence-corrected chi connectivity index (χ3v) is 9.48. The first kappa shape index (κ1) is 24.2. The molecule has 0 unspecified atom stereocenters. The van der Waals surface area contributed by atoms with Crippen molar-refractivity contribution in [1.82, 2.24) is 8.87 Å². The molecule has 0 atom stereocenters. The van der Waals surface area contributed by atoms with Gasteiger partial charge in [-0.3, -0.25) is 4.79 Å². The molecule has 1 aliphatic rings. The molecule has 0 aliphatic carbocycles. The lowest BCUT2D eigenvalue weighted by Crippen LogP contribution is -2.37. The molecule has 1 aliphatic heterocycles. The fraction of sp³-hybridized carbons (Fsp3) is 0.304. The van der Waals surface area contributed by atoms with E-state index in [4.69, 9.17) is 23.2 Å². The minimum absolute atomic E-state index is 0.179. The number of benzene rings is 2. The monoisotopic (exact) mass is 523 g/mol. The molecule has 33 heavy (non-hydrogen) atoms. The summed E-state index contributed by atoms with van der Waals surface area (Å²) in [4.78, 5) is 17.8. The molecule has 1 saturated heterocycles. The highest BCUT2D eigenvalue weighted by atomic mass is 35.5. The third-order valence-electron chi connectivity index (χ3n) is 5.72. The van der Waals surface area contributed by atoms with E-state index >= 15 is 0 Å². The average Bonchev–Trinajstić information content (AvgIpc) is 3.14. The van der Waals surface area contributed by atoms with Crippen molar-refractivity contribution in [3.8, 4) is 0 Å². The molecule has 2 heterocycles. The van der Waals surface area contributed by atoms with E-state index in [1.807, 2.05) is 6.07 Å². The van der Waals surface area contributed by atoms with Crippen molar-refractivity contribution < 1.29 is 13.2 Å². The molecule has 174 valence electrons. The summed E-state index contributed by atoms with van der Waals surface area (Å²) in [5, 5.41) is 0.806. The minimum Gasteiger partial charge on any atom is -0.311 e. The summed E-state index contributed by atoms with van der Waals surface area (Å²) in [6.07, 6.45) is 3.39. The summed E-state index contributed by atoms with van der Waals surface area (Å²) < 4.78 is 30.0. The van der Waals surface area contributed by atoms with Crippen LogP contribution < -0.4 is 4.80 Å². The van der Waals surface area contributed by atoms with Gasteiger partial charge in [-0.2, -0.15) is 9.30 Å². The van der Waals surface area contributed by atoms with E-state index in [-0.39, 0.29) is 4.90 Å². The number of piperidine rings is 1. The molecule has 1 aromatic heterocycles. The molecule has 0 radical (unpaired) electrons. The minimum atomic E-state index is -3.58. The van der Waals surface area contributed by atoms with E-state index in [1.54, 1.807) is 16.7 Å². The van der Waals surface area contributed by atoms with Crippen LogP contribution in [0.2, 0.25) is 10.0 Å². The fourth-order valence-corrected chi connectivity index (χ4v) is 6.77. The van der Waals surface area contributed by atoms with Gasteiger partial charge < -0.3 is 4.57 Å². The zero-order chi connectivity index (χ0) is 23.8. The van der Waals surface area contributed by atoms with Crippen molar-refractivity contribution in [3.63, 3.8) is 0 Å². The Morgan fingerprint density at radius 2 is 1.85 bits per heavy atom. The number of allylic oxidation sites excluding steroid dienone is 1. The first-order chi connectivity index (χ1) is 15.7. The summed E-state index contributed by atoms with van der Waals surface area (Å²) >= 11 is 13.9. The second-order valence-electron chi connectivity index (χ2n) is 8.02. The van der Waals surface area contributed by atoms with Crippen molar-refractivity contribution in [3.05, 3.63) is 69.5 Å². The molecule has 1 amide bonds. The Morgan fingerprint density at radius 1 is 1.18 bits per heavy atom. The molecule has 3 aromatic rings. The number of halogens is 2. The van der Waals surface area contributed by atoms with Gasteiger partial charge in [-0.1, -0.05) is 47.5 Å². The van der Waals surface area contributed by atoms with Crippen molar-refractivity contribution in [2.75, 3.05) is 13.1 Å². The van der Waals surface area contributed by atoms with E-state index in [0.717, 1.165) is 17.5 Å². The highest BCUT2D eigenvalue weighted by Crippen LogP contribution is 2.32. The first-order valence-electron chi connectivity index (χ1n) is 10.5. The van der Waals surface area contributed by atoms with Gasteiger partial charge in [0.05, 0.1) is 25.2 Å². The number of carbonyl (C=O) groups excluding carboxylic acids is 1. The van der Waals surface area contributed by atoms with E-state index in [0.29, 0.717) is 51.5 Å². The lowest BCUT2D eigenvalue weighted by atomic mass is 10.0. The maximum Gasteiger partial charge on any atom is 0.279 e. The Labute approximate surface area is 206 Å². The van der Waals surface area contributed by atoms with Crippen LogP contribution in [-0.4, -0.2) is 36.3 Å². The summed E-state index contributed by atoms with van der Waals surface area (Å²) in [5.41, 5.74) is 0.992. The van der Waals surface area contributed by atoms with Crippen LogP contribution in [0.4, 0.5) is 0 Å². The van der Waals surface area contributed by atoms with Crippen LogP contribution in [0.5, 0.6) is 0 Å². The standard InChI is InChI=1S/C23H23Cl2N3O3S2/c1-3-12-28-21-19(9-8-18(24)20(21)25)32-23(28)26-22(29)16-4-6-17(7-5-16)33(30,31)27-13-10-15(2)11-14-27/h3-9,15H,1,10-14H2,2H3. The number of nitrogens with zero attached hydrogens (tertiary/aromatic N) is 3. The van der Waals surface area contributed by atoms with Gasteiger partial charge >= 0.3 is 0 Å². The molecule has 0 bridgehead atoms. The Morgan fingerprint density at radius 3 is 2.48 bits per heavy atom. The maximum absolute atomic E-state index is 12.9. The molecular formula is C23H23Cl2N3O3S2. The van der Waals surface area contributed by atoms with Crippen LogP contribution in [0, 0.1) is 5.92 Å². The molecule has 0 spiro atoms. The van der Waals surface area contributed by atoms with Gasteiger partial charge in [0.1, 0.15) is 0 Å². The van der Waals surface area contributed by atoms with E-state index in [9.17, 15) is 13.2 Å². The molecule has 10 heteroatoms. The number of thiazole rings is 1. The van der Waals surface area contributed by atoms with Gasteiger partial charge in [0.15, 0.2) is 4.80 Å². The van der Waals surface area contributed by atoms with Gasteiger partial charge in [0, 0.05) is 25.2 Å². The van der Waals surface area contributed by atoms with Crippen LogP contribution in [-0.2, 0) is 16.6 Å². The van der Waals surface area contributed by atoms with Crippen LogP contribution in [0.1, 0.15) is 30.1 Å². The molecular weight excluding hydrogens is 501 g/mol. The Balaban J connectivity index is 1.66. The normalized spacial score (nSPS) is 16.4. The summed E-state index contributed by atoms with van der Waals surface area (Å²) in [7, 11) is -3.58. The van der Waals surface area contributed by atoms with Crippen molar-refractivity contribution in [2.24, 2.45) is 10.9 Å². The number of fused-ring (bicyclic) bond motifs is 1. The number of aromatic nitrogens is 1. The van der Waals surface area contributed by atoms with Gasteiger partial charge in [-0.15, -0.1) is 6.58 Å². The van der Waals surface area contributed by atoms with Crippen molar-refractivity contribution in [1.29, 1.82) is 0 Å². The molecule has 0 saturated carbocycles. The summed E-state index contributed by atoms with van der Waals surface area (Å²) in [6.45, 7) is 7.33. The maximum atomic E-state index is 12.9. The number of carbonyl (C=O) groups is 1. The average molecular weight is 524 g/mol. The molecule has 0 N–H and O–H groups in total. The van der Waals surface area contributed by atoms with Crippen LogP contribution in [0.25, 0.3) is 10.2 Å². The Kier molecular flexibility index (Phi) is 7.12. The largest absolute Gasteiger partial charge is 0.311 e. The van der Waals surface area contributed by atoms with Crippen molar-refractivity contribution >= 4 is 60.7 Å². The smallest absolute Gasteiger partial charge is 0.279 e. The fourth-order valence-electron chi connectivity index (χ4n) is 3.78. The highest BCUT2D eigenvalue weighted by molar-refractivity contribution is 7.89. The van der Waals surface area contributed by atoms with Gasteiger partial charge in [0.25, 0.3) is 5.91 Å². The lowest BCUT2D eigenvalue weighted by molar-refractivity contribution is 0.0997. The zero-order valence-corrected chi connectivity index (χ0v) is 21.1. The number of hydrogen-bond acceptors (Lipinski definition) is 4. The van der Waals surface area contributed by atoms with Crippen LogP contribution in [0.15, 0.2) is 58.9 Å². The van der Waals surface area contributed by atoms with Crippen LogP contribution in [0.3, 0.4) is 0 Å². The number of amides is 1. The molecule has 2 aromatic carbocycles. The number of sulfonamides is 1. The lowest BCUT2D eigenvalue weighted by Gasteiger charge is -2.29. The molecule has 6 nitrogen and oxygen atoms in total. The third kappa shape index (κ3) is 4.81. The predicted octanol–water partition coefficient (Wildman–Crippen LogP) is 5.36. The van der Waals surface area contributed by atoms with Gasteiger partial charge in [-0.05, 0) is 55.2 Å². The molecule has 4 rings (SSSR count). The predicted molar refractivity (Wildman–Crippen MR) is 134 cm³/mol. The Bertz CT molecular complexity index is 1380. The van der Waals surface area contributed by atoms with Gasteiger partial charge in [-0.25, -0.2) is 8.42 Å². The zero-order valence-electron chi connectivity index (χ0n) is 18.0. The summed E-state index contributed by atoms with van der Waals surface area (Å²) in [6, 6.07) is 9.47. The summed E-state index contributed by atoms with van der Waals surface area (Å²) in [5.74, 6) is 0.0547. The van der Waals surface area contributed by atoms with E-state index in [2.05, 4.69) is 18.5 Å². The van der Waals surface area contributed by atoms with E-state index < -0.39 is 15.9 Å². The quantitative estimate of drug-likeness (QED) is 0.422. The second kappa shape index (κ2) is 9.72. The number of hydrogen-bond donors (Lipinski definition) is 0. The second-order valence-corrected chi connectivity index (χ2v) is 11.8. The SMILES string of the molecule is C=CCn1c(=NC(=O)c2ccc(S(=O)(=O)N3CCC(C)CC3)cc2)sc2ccc(Cl)c(Cl)c21. The van der Waals surface area contributed by atoms with E-state index in [1.165, 1.54) is 39.9 Å². The number of rotatable bonds is 5. The molecule has 1 fully saturated rings. The first-order valence-corrected chi connectivity index (χ1v) is 13.5. The topological polar surface area (TPSA) is 71.7 Å². The Hall–Kier alpha value is -1.97. The highest BCUT2D eigenvalue weighted by Gasteiger charge is 2.28. The van der Waals surface area contributed by atoms with Crippen molar-refractivity contribution in [2.45, 2.75) is 31.2 Å².